The zero-order chi connectivity index (χ0) is 14.5. The van der Waals surface area contributed by atoms with Gasteiger partial charge in [0.1, 0.15) is 0 Å². The van der Waals surface area contributed by atoms with Gasteiger partial charge in [0.15, 0.2) is 0 Å². The SMILES string of the molecule is CC(C)COCCC1(CNC(C)(C)C)CCOC1C. The lowest BCUT2D eigenvalue weighted by Gasteiger charge is -2.35. The van der Waals surface area contributed by atoms with Gasteiger partial charge < -0.3 is 14.8 Å². The van der Waals surface area contributed by atoms with Gasteiger partial charge in [0, 0.05) is 37.3 Å². The molecule has 2 unspecified atom stereocenters. The van der Waals surface area contributed by atoms with Crippen molar-refractivity contribution in [3.8, 4) is 0 Å². The lowest BCUT2D eigenvalue weighted by Crippen LogP contribution is -2.47. The Kier molecular flexibility index (Phi) is 6.28. The van der Waals surface area contributed by atoms with Crippen molar-refractivity contribution < 1.29 is 9.47 Å². The average Bonchev–Trinajstić information content (AvgIpc) is 2.63. The summed E-state index contributed by atoms with van der Waals surface area (Å²) in [7, 11) is 0. The minimum absolute atomic E-state index is 0.161. The Morgan fingerprint density at radius 1 is 1.37 bits per heavy atom. The van der Waals surface area contributed by atoms with E-state index in [-0.39, 0.29) is 11.0 Å². The average molecular weight is 271 g/mol. The van der Waals surface area contributed by atoms with Gasteiger partial charge in [-0.1, -0.05) is 13.8 Å². The van der Waals surface area contributed by atoms with Crippen LogP contribution in [-0.2, 0) is 9.47 Å². The molecule has 1 aliphatic heterocycles. The van der Waals surface area contributed by atoms with Crippen LogP contribution in [0.2, 0.25) is 0 Å². The Balaban J connectivity index is 2.47. The summed E-state index contributed by atoms with van der Waals surface area (Å²) in [5.41, 5.74) is 0.401. The van der Waals surface area contributed by atoms with Gasteiger partial charge in [-0.05, 0) is 46.5 Å². The van der Waals surface area contributed by atoms with Crippen molar-refractivity contribution in [2.45, 2.75) is 66.0 Å². The first-order valence-electron chi connectivity index (χ1n) is 7.69. The van der Waals surface area contributed by atoms with Crippen LogP contribution in [0.3, 0.4) is 0 Å². The molecule has 1 fully saturated rings. The molecule has 0 amide bonds. The Hall–Kier alpha value is -0.120. The molecule has 0 radical (unpaired) electrons. The predicted molar refractivity (Wildman–Crippen MR) is 80.5 cm³/mol. The molecule has 19 heavy (non-hydrogen) atoms. The number of ether oxygens (including phenoxy) is 2. The highest BCUT2D eigenvalue weighted by atomic mass is 16.5. The standard InChI is InChI=1S/C16H33NO2/c1-13(2)11-18-9-7-16(8-10-19-14(16)3)12-17-15(4,5)6/h13-14,17H,7-12H2,1-6H3. The van der Waals surface area contributed by atoms with Crippen LogP contribution in [0.15, 0.2) is 0 Å². The van der Waals surface area contributed by atoms with Gasteiger partial charge in [0.2, 0.25) is 0 Å². The minimum atomic E-state index is 0.161. The topological polar surface area (TPSA) is 30.5 Å². The molecule has 0 aromatic rings. The summed E-state index contributed by atoms with van der Waals surface area (Å²) in [4.78, 5) is 0. The predicted octanol–water partition coefficient (Wildman–Crippen LogP) is 3.23. The Labute approximate surface area is 119 Å². The molecule has 0 bridgehead atoms. The third-order valence-electron chi connectivity index (χ3n) is 4.00. The van der Waals surface area contributed by atoms with Crippen LogP contribution in [0.1, 0.15) is 54.4 Å². The quantitative estimate of drug-likeness (QED) is 0.721. The van der Waals surface area contributed by atoms with E-state index in [0.717, 1.165) is 39.2 Å². The van der Waals surface area contributed by atoms with E-state index in [9.17, 15) is 0 Å². The molecule has 0 aromatic heterocycles. The van der Waals surface area contributed by atoms with Gasteiger partial charge >= 0.3 is 0 Å². The van der Waals surface area contributed by atoms with Crippen LogP contribution in [-0.4, -0.2) is 38.0 Å². The summed E-state index contributed by atoms with van der Waals surface area (Å²) >= 11 is 0. The second kappa shape index (κ2) is 7.05. The summed E-state index contributed by atoms with van der Waals surface area (Å²) in [5, 5.41) is 3.65. The molecular formula is C16H33NO2. The van der Waals surface area contributed by atoms with E-state index in [1.54, 1.807) is 0 Å². The van der Waals surface area contributed by atoms with E-state index in [1.807, 2.05) is 0 Å². The number of hydrogen-bond donors (Lipinski definition) is 1. The largest absolute Gasteiger partial charge is 0.381 e. The summed E-state index contributed by atoms with van der Waals surface area (Å²) < 4.78 is 11.6. The van der Waals surface area contributed by atoms with Gasteiger partial charge in [0.25, 0.3) is 0 Å². The van der Waals surface area contributed by atoms with Crippen LogP contribution < -0.4 is 5.32 Å². The molecule has 0 spiro atoms. The molecule has 1 rings (SSSR count). The van der Waals surface area contributed by atoms with E-state index < -0.39 is 0 Å². The number of hydrogen-bond acceptors (Lipinski definition) is 3. The molecule has 0 aliphatic carbocycles. The van der Waals surface area contributed by atoms with Gasteiger partial charge in [-0.25, -0.2) is 0 Å². The summed E-state index contributed by atoms with van der Waals surface area (Å²) in [6, 6.07) is 0. The summed E-state index contributed by atoms with van der Waals surface area (Å²) in [6.45, 7) is 16.9. The molecule has 2 atom stereocenters. The highest BCUT2D eigenvalue weighted by molar-refractivity contribution is 4.93. The fraction of sp³-hybridized carbons (Fsp3) is 1.00. The van der Waals surface area contributed by atoms with Crippen LogP contribution in [0.5, 0.6) is 0 Å². The van der Waals surface area contributed by atoms with E-state index in [0.29, 0.717) is 12.0 Å². The molecular weight excluding hydrogens is 238 g/mol. The molecule has 1 N–H and O–H groups in total. The highest BCUT2D eigenvalue weighted by Crippen LogP contribution is 2.38. The van der Waals surface area contributed by atoms with Crippen molar-refractivity contribution in [3.63, 3.8) is 0 Å². The zero-order valence-electron chi connectivity index (χ0n) is 13.7. The number of nitrogens with one attached hydrogen (secondary N) is 1. The second-order valence-corrected chi connectivity index (χ2v) is 7.45. The summed E-state index contributed by atoms with van der Waals surface area (Å²) in [6.07, 6.45) is 2.55. The monoisotopic (exact) mass is 271 g/mol. The van der Waals surface area contributed by atoms with Gasteiger partial charge in [0.05, 0.1) is 6.10 Å². The molecule has 114 valence electrons. The summed E-state index contributed by atoms with van der Waals surface area (Å²) in [5.74, 6) is 0.612. The molecule has 0 saturated carbocycles. The zero-order valence-corrected chi connectivity index (χ0v) is 13.7. The minimum Gasteiger partial charge on any atom is -0.381 e. The molecule has 0 aromatic carbocycles. The Bertz CT molecular complexity index is 260. The van der Waals surface area contributed by atoms with Crippen LogP contribution in [0.4, 0.5) is 0 Å². The first kappa shape index (κ1) is 16.9. The third-order valence-corrected chi connectivity index (χ3v) is 4.00. The normalized spacial score (nSPS) is 28.3. The van der Waals surface area contributed by atoms with Crippen molar-refractivity contribution in [1.82, 2.24) is 5.32 Å². The van der Waals surface area contributed by atoms with E-state index in [4.69, 9.17) is 9.47 Å². The Morgan fingerprint density at radius 3 is 2.53 bits per heavy atom. The van der Waals surface area contributed by atoms with Crippen LogP contribution in [0, 0.1) is 11.3 Å². The van der Waals surface area contributed by atoms with Gasteiger partial charge in [-0.3, -0.25) is 0 Å². The first-order valence-corrected chi connectivity index (χ1v) is 7.69. The molecule has 1 heterocycles. The van der Waals surface area contributed by atoms with Crippen LogP contribution in [0.25, 0.3) is 0 Å². The highest BCUT2D eigenvalue weighted by Gasteiger charge is 2.41. The maximum absolute atomic E-state index is 5.82. The fourth-order valence-electron chi connectivity index (χ4n) is 2.50. The van der Waals surface area contributed by atoms with Crippen molar-refractivity contribution in [3.05, 3.63) is 0 Å². The lowest BCUT2D eigenvalue weighted by atomic mass is 9.78. The van der Waals surface area contributed by atoms with Crippen molar-refractivity contribution in [2.24, 2.45) is 11.3 Å². The molecule has 3 nitrogen and oxygen atoms in total. The third kappa shape index (κ3) is 5.80. The van der Waals surface area contributed by atoms with Crippen molar-refractivity contribution >= 4 is 0 Å². The smallest absolute Gasteiger partial charge is 0.0617 e. The van der Waals surface area contributed by atoms with E-state index in [1.165, 1.54) is 0 Å². The van der Waals surface area contributed by atoms with Crippen molar-refractivity contribution in [1.29, 1.82) is 0 Å². The fourth-order valence-corrected chi connectivity index (χ4v) is 2.50. The van der Waals surface area contributed by atoms with Crippen LogP contribution >= 0.6 is 0 Å². The molecule has 1 saturated heterocycles. The Morgan fingerprint density at radius 2 is 2.05 bits per heavy atom. The second-order valence-electron chi connectivity index (χ2n) is 7.45. The number of rotatable bonds is 7. The molecule has 3 heteroatoms. The van der Waals surface area contributed by atoms with E-state index >= 15 is 0 Å². The maximum atomic E-state index is 5.82. The lowest BCUT2D eigenvalue weighted by molar-refractivity contribution is 0.0254. The van der Waals surface area contributed by atoms with E-state index in [2.05, 4.69) is 46.9 Å². The first-order chi connectivity index (χ1) is 8.75. The van der Waals surface area contributed by atoms with Crippen molar-refractivity contribution in [2.75, 3.05) is 26.4 Å². The van der Waals surface area contributed by atoms with Gasteiger partial charge in [-0.2, -0.15) is 0 Å². The van der Waals surface area contributed by atoms with Gasteiger partial charge in [-0.15, -0.1) is 0 Å². The maximum Gasteiger partial charge on any atom is 0.0617 e. The molecule has 1 aliphatic rings.